The molecule has 2 rings (SSSR count). The molecule has 1 fully saturated rings. The lowest BCUT2D eigenvalue weighted by atomic mass is 10.1. The summed E-state index contributed by atoms with van der Waals surface area (Å²) < 4.78 is 11.0. The van der Waals surface area contributed by atoms with Gasteiger partial charge in [0.25, 0.3) is 0 Å². The molecule has 1 aliphatic rings. The number of carbonyl (C=O) groups excluding carboxylic acids is 1. The highest BCUT2D eigenvalue weighted by Crippen LogP contribution is 2.28. The lowest BCUT2D eigenvalue weighted by Crippen LogP contribution is -2.46. The van der Waals surface area contributed by atoms with Crippen LogP contribution in [0.2, 0.25) is 0 Å². The Morgan fingerprint density at radius 3 is 2.64 bits per heavy atom. The molecule has 7 heteroatoms. The van der Waals surface area contributed by atoms with Crippen LogP contribution in [0.3, 0.4) is 0 Å². The number of methoxy groups -OCH3 is 1. The molecule has 0 unspecified atom stereocenters. The van der Waals surface area contributed by atoms with Gasteiger partial charge in [-0.1, -0.05) is 6.07 Å². The number of hydrogen-bond donors (Lipinski definition) is 2. The molecule has 0 radical (unpaired) electrons. The summed E-state index contributed by atoms with van der Waals surface area (Å²) in [5.74, 6) is 2.34. The molecule has 1 amide bonds. The molecule has 7 nitrogen and oxygen atoms in total. The van der Waals surface area contributed by atoms with E-state index < -0.39 is 0 Å². The quantitative estimate of drug-likeness (QED) is 0.384. The Bertz CT molecular complexity index is 643. The van der Waals surface area contributed by atoms with E-state index in [-0.39, 0.29) is 12.5 Å². The number of ether oxygens (including phenoxy) is 2. The Balaban J connectivity index is 1.71. The molecule has 1 saturated heterocycles. The molecule has 0 aromatic heterocycles. The maximum atomic E-state index is 12.2. The second kappa shape index (κ2) is 12.1. The Kier molecular flexibility index (Phi) is 9.45. The number of carbonyl (C=O) groups is 1. The number of hydrogen-bond acceptors (Lipinski definition) is 4. The van der Waals surface area contributed by atoms with Crippen molar-refractivity contribution in [3.05, 3.63) is 23.8 Å². The van der Waals surface area contributed by atoms with Gasteiger partial charge < -0.3 is 25.0 Å². The lowest BCUT2D eigenvalue weighted by Gasteiger charge is -2.27. The van der Waals surface area contributed by atoms with Crippen LogP contribution < -0.4 is 20.1 Å². The molecule has 2 N–H and O–H groups in total. The molecule has 1 heterocycles. The summed E-state index contributed by atoms with van der Waals surface area (Å²) in [7, 11) is 3.37. The van der Waals surface area contributed by atoms with Crippen LogP contribution in [0.1, 0.15) is 38.2 Å². The van der Waals surface area contributed by atoms with Crippen molar-refractivity contribution in [2.24, 2.45) is 4.99 Å². The van der Waals surface area contributed by atoms with E-state index in [2.05, 4.69) is 21.7 Å². The average molecular weight is 391 g/mol. The van der Waals surface area contributed by atoms with E-state index >= 15 is 0 Å². The first-order valence-corrected chi connectivity index (χ1v) is 10.2. The van der Waals surface area contributed by atoms with E-state index in [1.807, 2.05) is 24.0 Å². The number of rotatable bonds is 9. The van der Waals surface area contributed by atoms with Gasteiger partial charge in [0.2, 0.25) is 5.91 Å². The monoisotopic (exact) mass is 390 g/mol. The zero-order chi connectivity index (χ0) is 20.2. The molecule has 1 aromatic rings. The molecule has 0 aliphatic carbocycles. The van der Waals surface area contributed by atoms with E-state index in [0.29, 0.717) is 12.6 Å². The van der Waals surface area contributed by atoms with Crippen molar-refractivity contribution in [2.45, 2.75) is 39.0 Å². The molecule has 1 aromatic carbocycles. The maximum Gasteiger partial charge on any atom is 0.241 e. The van der Waals surface area contributed by atoms with Gasteiger partial charge in [-0.2, -0.15) is 0 Å². The first-order valence-electron chi connectivity index (χ1n) is 10.2. The number of amides is 1. The molecule has 156 valence electrons. The van der Waals surface area contributed by atoms with Gasteiger partial charge in [0.05, 0.1) is 20.3 Å². The van der Waals surface area contributed by atoms with Crippen molar-refractivity contribution < 1.29 is 14.3 Å². The predicted octanol–water partition coefficient (Wildman–Crippen LogP) is 2.20. The van der Waals surface area contributed by atoms with Gasteiger partial charge in [-0.15, -0.1) is 0 Å². The van der Waals surface area contributed by atoms with Crippen molar-refractivity contribution in [2.75, 3.05) is 46.9 Å². The lowest BCUT2D eigenvalue weighted by molar-refractivity contribution is -0.130. The average Bonchev–Trinajstić information content (AvgIpc) is 2.74. The van der Waals surface area contributed by atoms with E-state index in [9.17, 15) is 4.79 Å². The minimum absolute atomic E-state index is 0.143. The normalized spacial score (nSPS) is 14.5. The predicted molar refractivity (Wildman–Crippen MR) is 112 cm³/mol. The van der Waals surface area contributed by atoms with E-state index in [1.54, 1.807) is 14.2 Å². The topological polar surface area (TPSA) is 75.2 Å². The molecular formula is C21H34N4O3. The summed E-state index contributed by atoms with van der Waals surface area (Å²) in [6.45, 7) is 5.38. The summed E-state index contributed by atoms with van der Waals surface area (Å²) >= 11 is 0. The van der Waals surface area contributed by atoms with Gasteiger partial charge >= 0.3 is 0 Å². The van der Waals surface area contributed by atoms with Gasteiger partial charge in [-0.3, -0.25) is 9.79 Å². The van der Waals surface area contributed by atoms with Gasteiger partial charge in [0.1, 0.15) is 0 Å². The van der Waals surface area contributed by atoms with Crippen LogP contribution in [0.15, 0.2) is 23.2 Å². The summed E-state index contributed by atoms with van der Waals surface area (Å²) in [5.41, 5.74) is 1.20. The summed E-state index contributed by atoms with van der Waals surface area (Å²) in [5, 5.41) is 6.39. The summed E-state index contributed by atoms with van der Waals surface area (Å²) in [4.78, 5) is 18.4. The largest absolute Gasteiger partial charge is 0.493 e. The van der Waals surface area contributed by atoms with Crippen molar-refractivity contribution in [1.29, 1.82) is 0 Å². The van der Waals surface area contributed by atoms with Crippen LogP contribution in [0.5, 0.6) is 11.5 Å². The molecule has 0 spiro atoms. The van der Waals surface area contributed by atoms with Crippen LogP contribution in [-0.2, 0) is 11.2 Å². The third kappa shape index (κ3) is 6.94. The second-order valence-corrected chi connectivity index (χ2v) is 6.82. The first-order chi connectivity index (χ1) is 13.7. The van der Waals surface area contributed by atoms with Gasteiger partial charge in [-0.25, -0.2) is 0 Å². The minimum atomic E-state index is 0.143. The Hall–Kier alpha value is -2.44. The molecule has 0 saturated carbocycles. The highest BCUT2D eigenvalue weighted by molar-refractivity contribution is 5.86. The highest BCUT2D eigenvalue weighted by atomic mass is 16.5. The number of nitrogens with one attached hydrogen (secondary N) is 2. The van der Waals surface area contributed by atoms with Crippen molar-refractivity contribution >= 4 is 11.9 Å². The molecule has 0 bridgehead atoms. The summed E-state index contributed by atoms with van der Waals surface area (Å²) in [6.07, 6.45) is 5.30. The van der Waals surface area contributed by atoms with E-state index in [0.717, 1.165) is 56.8 Å². The number of likely N-dealkylation sites (tertiary alicyclic amines) is 1. The van der Waals surface area contributed by atoms with Crippen LogP contribution in [-0.4, -0.2) is 63.7 Å². The molecule has 1 aliphatic heterocycles. The van der Waals surface area contributed by atoms with Crippen molar-refractivity contribution in [3.63, 3.8) is 0 Å². The first kappa shape index (κ1) is 21.9. The van der Waals surface area contributed by atoms with Gasteiger partial charge in [0.15, 0.2) is 17.5 Å². The standard InChI is InChI=1S/C21H34N4O3/c1-4-28-19-15-17(10-11-18(19)27-3)9-8-12-23-21(22-2)24-16-20(26)25-13-6-5-7-14-25/h10-11,15H,4-9,12-14,16H2,1-3H3,(H2,22,23,24). The SMILES string of the molecule is CCOc1cc(CCCNC(=NC)NCC(=O)N2CCCCC2)ccc1OC. The van der Waals surface area contributed by atoms with Crippen LogP contribution in [0, 0.1) is 0 Å². The molecular weight excluding hydrogens is 356 g/mol. The fraction of sp³-hybridized carbons (Fsp3) is 0.619. The number of aliphatic imine (C=N–C) groups is 1. The molecule has 28 heavy (non-hydrogen) atoms. The smallest absolute Gasteiger partial charge is 0.241 e. The van der Waals surface area contributed by atoms with E-state index in [4.69, 9.17) is 9.47 Å². The Morgan fingerprint density at radius 1 is 1.18 bits per heavy atom. The van der Waals surface area contributed by atoms with Crippen LogP contribution in [0.4, 0.5) is 0 Å². The van der Waals surface area contributed by atoms with Crippen LogP contribution in [0.25, 0.3) is 0 Å². The number of guanidine groups is 1. The van der Waals surface area contributed by atoms with Crippen molar-refractivity contribution in [1.82, 2.24) is 15.5 Å². The van der Waals surface area contributed by atoms with E-state index in [1.165, 1.54) is 12.0 Å². The Morgan fingerprint density at radius 2 is 1.96 bits per heavy atom. The number of nitrogens with zero attached hydrogens (tertiary/aromatic N) is 2. The van der Waals surface area contributed by atoms with Gasteiger partial charge in [-0.05, 0) is 56.7 Å². The zero-order valence-corrected chi connectivity index (χ0v) is 17.4. The number of benzene rings is 1. The fourth-order valence-corrected chi connectivity index (χ4v) is 3.28. The number of aryl methyl sites for hydroxylation is 1. The second-order valence-electron chi connectivity index (χ2n) is 6.82. The van der Waals surface area contributed by atoms with Crippen molar-refractivity contribution in [3.8, 4) is 11.5 Å². The third-order valence-corrected chi connectivity index (χ3v) is 4.80. The third-order valence-electron chi connectivity index (χ3n) is 4.80. The minimum Gasteiger partial charge on any atom is -0.493 e. The maximum absolute atomic E-state index is 12.2. The Labute approximate surface area is 168 Å². The van der Waals surface area contributed by atoms with Crippen LogP contribution >= 0.6 is 0 Å². The number of piperidine rings is 1. The summed E-state index contributed by atoms with van der Waals surface area (Å²) in [6, 6.07) is 6.04. The zero-order valence-electron chi connectivity index (χ0n) is 17.4. The highest BCUT2D eigenvalue weighted by Gasteiger charge is 2.16. The fourth-order valence-electron chi connectivity index (χ4n) is 3.28. The molecule has 0 atom stereocenters. The van der Waals surface area contributed by atoms with Gasteiger partial charge in [0, 0.05) is 26.7 Å².